The second kappa shape index (κ2) is 9.43. The molecule has 0 aromatic carbocycles. The van der Waals surface area contributed by atoms with E-state index < -0.39 is 6.10 Å². The molecular formula is C23H31N5O3. The van der Waals surface area contributed by atoms with Crippen LogP contribution in [0.15, 0.2) is 18.3 Å². The van der Waals surface area contributed by atoms with Crippen LogP contribution in [-0.2, 0) is 16.0 Å². The van der Waals surface area contributed by atoms with Gasteiger partial charge in [0.1, 0.15) is 5.52 Å². The van der Waals surface area contributed by atoms with Crippen LogP contribution in [0.3, 0.4) is 0 Å². The highest BCUT2D eigenvalue weighted by atomic mass is 16.5. The summed E-state index contributed by atoms with van der Waals surface area (Å²) in [6.07, 6.45) is 2.15. The van der Waals surface area contributed by atoms with Crippen LogP contribution in [0.2, 0.25) is 0 Å². The molecule has 166 valence electrons. The van der Waals surface area contributed by atoms with Crippen LogP contribution in [0.5, 0.6) is 5.88 Å². The number of carbonyl (C=O) groups is 1. The zero-order chi connectivity index (χ0) is 22.7. The highest BCUT2D eigenvalue weighted by Gasteiger charge is 2.19. The molecule has 8 heteroatoms. The highest BCUT2D eigenvalue weighted by Crippen LogP contribution is 2.30. The first-order chi connectivity index (χ1) is 14.8. The van der Waals surface area contributed by atoms with Crippen molar-refractivity contribution in [1.82, 2.24) is 24.8 Å². The summed E-state index contributed by atoms with van der Waals surface area (Å²) in [6, 6.07) is 3.88. The van der Waals surface area contributed by atoms with Gasteiger partial charge in [0.15, 0.2) is 11.8 Å². The van der Waals surface area contributed by atoms with E-state index in [1.807, 2.05) is 26.8 Å². The van der Waals surface area contributed by atoms with Crippen LogP contribution < -0.4 is 10.1 Å². The van der Waals surface area contributed by atoms with Crippen LogP contribution >= 0.6 is 0 Å². The molecule has 3 aromatic heterocycles. The fraction of sp³-hybridized carbons (Fsp3) is 0.478. The number of likely N-dealkylation sites (N-methyl/N-ethyl adjacent to an activating group) is 1. The van der Waals surface area contributed by atoms with Crippen LogP contribution in [0.4, 0.5) is 0 Å². The van der Waals surface area contributed by atoms with Gasteiger partial charge in [-0.1, -0.05) is 6.92 Å². The smallest absolute Gasteiger partial charge is 0.260 e. The first kappa shape index (κ1) is 22.7. The lowest BCUT2D eigenvalue weighted by molar-refractivity contribution is -0.126. The van der Waals surface area contributed by atoms with E-state index in [0.717, 1.165) is 39.4 Å². The summed E-state index contributed by atoms with van der Waals surface area (Å²) in [6.45, 7) is 10.4. The van der Waals surface area contributed by atoms with Gasteiger partial charge in [-0.05, 0) is 45.7 Å². The average Bonchev–Trinajstić information content (AvgIpc) is 3.08. The number of hydrogen-bond acceptors (Lipinski definition) is 6. The number of nitrogens with zero attached hydrogens (tertiary/aromatic N) is 4. The first-order valence-electron chi connectivity index (χ1n) is 10.5. The van der Waals surface area contributed by atoms with Gasteiger partial charge in [-0.3, -0.25) is 4.79 Å². The molecule has 0 spiro atoms. The molecular weight excluding hydrogens is 394 g/mol. The summed E-state index contributed by atoms with van der Waals surface area (Å²) in [4.78, 5) is 26.3. The molecule has 2 atom stereocenters. The van der Waals surface area contributed by atoms with Gasteiger partial charge in [0.25, 0.3) is 5.91 Å². The van der Waals surface area contributed by atoms with E-state index in [1.165, 1.54) is 0 Å². The first-order valence-corrected chi connectivity index (χ1v) is 10.5. The molecule has 0 aliphatic carbocycles. The average molecular weight is 426 g/mol. The molecule has 0 radical (unpaired) electrons. The van der Waals surface area contributed by atoms with Crippen molar-refractivity contribution in [2.45, 2.75) is 53.2 Å². The Bertz CT molecular complexity index is 1090. The number of hydrogen-bond donors (Lipinski definition) is 1. The Morgan fingerprint density at radius 1 is 1.19 bits per heavy atom. The molecule has 3 aromatic rings. The normalized spacial score (nSPS) is 13.3. The Kier molecular flexibility index (Phi) is 6.90. The summed E-state index contributed by atoms with van der Waals surface area (Å²) in [5.74, 6) is 0.220. The second-order valence-corrected chi connectivity index (χ2v) is 7.73. The Morgan fingerprint density at radius 2 is 1.94 bits per heavy atom. The van der Waals surface area contributed by atoms with Crippen LogP contribution in [-0.4, -0.2) is 52.3 Å². The van der Waals surface area contributed by atoms with E-state index in [1.54, 1.807) is 27.1 Å². The minimum absolute atomic E-state index is 0.160. The van der Waals surface area contributed by atoms with Gasteiger partial charge in [0, 0.05) is 32.0 Å². The molecule has 3 rings (SSSR count). The van der Waals surface area contributed by atoms with Crippen LogP contribution in [0.25, 0.3) is 22.4 Å². The molecule has 0 fully saturated rings. The number of pyridine rings is 1. The third-order valence-electron chi connectivity index (χ3n) is 5.34. The van der Waals surface area contributed by atoms with Crippen molar-refractivity contribution < 1.29 is 14.3 Å². The molecule has 0 aliphatic heterocycles. The Labute approximate surface area is 183 Å². The van der Waals surface area contributed by atoms with Crippen LogP contribution in [0.1, 0.15) is 43.8 Å². The minimum Gasteiger partial charge on any atom is -0.465 e. The molecule has 0 aliphatic rings. The zero-order valence-corrected chi connectivity index (χ0v) is 19.3. The molecule has 31 heavy (non-hydrogen) atoms. The van der Waals surface area contributed by atoms with Gasteiger partial charge in [0.2, 0.25) is 5.88 Å². The van der Waals surface area contributed by atoms with E-state index in [2.05, 4.69) is 28.0 Å². The summed E-state index contributed by atoms with van der Waals surface area (Å²) >= 11 is 0. The lowest BCUT2D eigenvalue weighted by Gasteiger charge is -2.16. The summed E-state index contributed by atoms with van der Waals surface area (Å²) in [5.41, 5.74) is 6.21. The van der Waals surface area contributed by atoms with Gasteiger partial charge < -0.3 is 19.4 Å². The van der Waals surface area contributed by atoms with Crippen molar-refractivity contribution >= 4 is 17.1 Å². The molecule has 1 unspecified atom stereocenters. The molecule has 1 amide bonds. The van der Waals surface area contributed by atoms with Gasteiger partial charge in [0.05, 0.1) is 29.7 Å². The number of aromatic nitrogens is 4. The zero-order valence-electron chi connectivity index (χ0n) is 19.3. The maximum absolute atomic E-state index is 11.8. The molecule has 0 bridgehead atoms. The molecule has 0 saturated carbocycles. The van der Waals surface area contributed by atoms with Gasteiger partial charge in [-0.25, -0.2) is 15.0 Å². The SMILES string of the molecule is CCc1nc(OC(C)C(=O)NC)ccc1-c1nc2c(C)cn([C@@H](C)COC)c2nc1C. The van der Waals surface area contributed by atoms with Crippen molar-refractivity contribution in [3.63, 3.8) is 0 Å². The van der Waals surface area contributed by atoms with E-state index in [-0.39, 0.29) is 11.9 Å². The molecule has 0 saturated heterocycles. The Balaban J connectivity index is 2.04. The fourth-order valence-electron chi connectivity index (χ4n) is 3.67. The number of ether oxygens (including phenoxy) is 2. The number of carbonyl (C=O) groups excluding carboxylic acids is 1. The quantitative estimate of drug-likeness (QED) is 0.595. The minimum atomic E-state index is -0.623. The second-order valence-electron chi connectivity index (χ2n) is 7.73. The van der Waals surface area contributed by atoms with E-state index >= 15 is 0 Å². The lowest BCUT2D eigenvalue weighted by Crippen LogP contribution is -2.33. The number of rotatable bonds is 8. The predicted octanol–water partition coefficient (Wildman–Crippen LogP) is 3.39. The Morgan fingerprint density at radius 3 is 2.58 bits per heavy atom. The van der Waals surface area contributed by atoms with Gasteiger partial charge in [-0.2, -0.15) is 0 Å². The van der Waals surface area contributed by atoms with Crippen LogP contribution in [0, 0.1) is 13.8 Å². The number of fused-ring (bicyclic) bond motifs is 1. The van der Waals surface area contributed by atoms with Crippen molar-refractivity contribution in [3.8, 4) is 17.1 Å². The molecule has 1 N–H and O–H groups in total. The monoisotopic (exact) mass is 425 g/mol. The third kappa shape index (κ3) is 4.54. The maximum Gasteiger partial charge on any atom is 0.260 e. The summed E-state index contributed by atoms with van der Waals surface area (Å²) in [7, 11) is 3.28. The highest BCUT2D eigenvalue weighted by molar-refractivity contribution is 5.81. The van der Waals surface area contributed by atoms with Crippen molar-refractivity contribution in [2.75, 3.05) is 20.8 Å². The maximum atomic E-state index is 11.8. The summed E-state index contributed by atoms with van der Waals surface area (Å²) in [5, 5.41) is 2.58. The lowest BCUT2D eigenvalue weighted by atomic mass is 10.1. The van der Waals surface area contributed by atoms with Gasteiger partial charge >= 0.3 is 0 Å². The third-order valence-corrected chi connectivity index (χ3v) is 5.34. The largest absolute Gasteiger partial charge is 0.465 e. The Hall–Kier alpha value is -3.00. The topological polar surface area (TPSA) is 91.2 Å². The van der Waals surface area contributed by atoms with Crippen molar-refractivity contribution in [1.29, 1.82) is 0 Å². The number of nitrogens with one attached hydrogen (secondary N) is 1. The predicted molar refractivity (Wildman–Crippen MR) is 120 cm³/mol. The number of aryl methyl sites for hydroxylation is 3. The number of amides is 1. The van der Waals surface area contributed by atoms with Crippen molar-refractivity contribution in [2.24, 2.45) is 0 Å². The number of methoxy groups -OCH3 is 1. The standard InChI is InChI=1S/C23H31N5O3/c1-8-18-17(9-10-19(26-18)31-16(5)23(29)24-6)21-15(4)25-22-20(27-21)13(2)11-28(22)14(3)12-30-7/h9-11,14,16H,8,12H2,1-7H3,(H,24,29)/t14-,16?/m0/s1. The molecule has 8 nitrogen and oxygen atoms in total. The summed E-state index contributed by atoms with van der Waals surface area (Å²) < 4.78 is 13.1. The van der Waals surface area contributed by atoms with E-state index in [9.17, 15) is 4.79 Å². The van der Waals surface area contributed by atoms with E-state index in [0.29, 0.717) is 18.9 Å². The van der Waals surface area contributed by atoms with Crippen molar-refractivity contribution in [3.05, 3.63) is 35.3 Å². The van der Waals surface area contributed by atoms with E-state index in [4.69, 9.17) is 19.4 Å². The molecule has 3 heterocycles. The van der Waals surface area contributed by atoms with Gasteiger partial charge in [-0.15, -0.1) is 0 Å². The fourth-order valence-corrected chi connectivity index (χ4v) is 3.67.